The minimum absolute atomic E-state index is 0.0930. The lowest BCUT2D eigenvalue weighted by molar-refractivity contribution is -0.131. The Labute approximate surface area is 202 Å². The van der Waals surface area contributed by atoms with E-state index >= 15 is 0 Å². The predicted octanol–water partition coefficient (Wildman–Crippen LogP) is 5.33. The molecule has 3 aromatic rings. The number of pyridine rings is 2. The van der Waals surface area contributed by atoms with Crippen molar-refractivity contribution >= 4 is 23.6 Å². The van der Waals surface area contributed by atoms with Gasteiger partial charge in [-0.3, -0.25) is 9.88 Å². The van der Waals surface area contributed by atoms with Gasteiger partial charge in [0.15, 0.2) is 0 Å². The average Bonchev–Trinajstić information content (AvgIpc) is 2.84. The van der Waals surface area contributed by atoms with Gasteiger partial charge in [-0.1, -0.05) is 29.8 Å². The van der Waals surface area contributed by atoms with Crippen LogP contribution in [0.15, 0.2) is 60.8 Å². The number of carbonyl (C=O) groups is 1. The van der Waals surface area contributed by atoms with Gasteiger partial charge in [-0.2, -0.15) is 0 Å². The Morgan fingerprint density at radius 3 is 2.74 bits per heavy atom. The van der Waals surface area contributed by atoms with Crippen LogP contribution in [0.4, 0.5) is 4.39 Å². The molecule has 176 valence electrons. The van der Waals surface area contributed by atoms with Gasteiger partial charge in [-0.15, -0.1) is 0 Å². The van der Waals surface area contributed by atoms with Gasteiger partial charge in [0.05, 0.1) is 5.69 Å². The molecule has 8 heteroatoms. The first-order valence-corrected chi connectivity index (χ1v) is 11.5. The van der Waals surface area contributed by atoms with Gasteiger partial charge in [-0.25, -0.2) is 14.2 Å². The molecule has 0 atom stereocenters. The molecule has 3 heterocycles. The van der Waals surface area contributed by atoms with E-state index in [1.807, 2.05) is 24.3 Å². The highest BCUT2D eigenvalue weighted by molar-refractivity contribution is 6.30. The first-order valence-electron chi connectivity index (χ1n) is 11.1. The Morgan fingerprint density at radius 2 is 2.03 bits per heavy atom. The number of hydrogen-bond acceptors (Lipinski definition) is 5. The molecule has 1 aromatic carbocycles. The molecule has 0 aliphatic carbocycles. The zero-order valence-corrected chi connectivity index (χ0v) is 19.3. The molecule has 1 N–H and O–H groups in total. The van der Waals surface area contributed by atoms with Crippen LogP contribution in [0.5, 0.6) is 5.88 Å². The molecule has 1 saturated heterocycles. The van der Waals surface area contributed by atoms with Crippen molar-refractivity contribution in [3.8, 4) is 5.88 Å². The minimum atomic E-state index is -0.978. The molecule has 0 amide bonds. The van der Waals surface area contributed by atoms with E-state index < -0.39 is 11.8 Å². The van der Waals surface area contributed by atoms with Crippen molar-refractivity contribution in [1.29, 1.82) is 0 Å². The zero-order chi connectivity index (χ0) is 23.9. The zero-order valence-electron chi connectivity index (χ0n) is 18.5. The predicted molar refractivity (Wildman–Crippen MR) is 128 cm³/mol. The van der Waals surface area contributed by atoms with Crippen LogP contribution in [0.3, 0.4) is 0 Å². The molecule has 1 aliphatic heterocycles. The number of ether oxygens (including phenoxy) is 1. The number of likely N-dealkylation sites (tertiary alicyclic amines) is 1. The number of aromatic nitrogens is 2. The van der Waals surface area contributed by atoms with Gasteiger partial charge in [0.2, 0.25) is 5.88 Å². The third-order valence-electron chi connectivity index (χ3n) is 5.79. The molecule has 1 aliphatic rings. The van der Waals surface area contributed by atoms with Crippen molar-refractivity contribution < 1.29 is 19.0 Å². The van der Waals surface area contributed by atoms with Gasteiger partial charge in [0.1, 0.15) is 12.4 Å². The van der Waals surface area contributed by atoms with Crippen LogP contribution in [0, 0.1) is 5.82 Å². The number of benzene rings is 1. The highest BCUT2D eigenvalue weighted by Gasteiger charge is 2.22. The van der Waals surface area contributed by atoms with E-state index in [1.54, 1.807) is 24.4 Å². The van der Waals surface area contributed by atoms with Gasteiger partial charge in [-0.05, 0) is 61.8 Å². The number of halogens is 2. The van der Waals surface area contributed by atoms with Crippen LogP contribution in [0.2, 0.25) is 5.02 Å². The number of carboxylic acids is 1. The maximum Gasteiger partial charge on any atom is 0.328 e. The maximum absolute atomic E-state index is 14.0. The fraction of sp³-hybridized carbons (Fsp3) is 0.269. The molecular formula is C26H25ClFN3O3. The molecule has 1 fully saturated rings. The summed E-state index contributed by atoms with van der Waals surface area (Å²) in [4.78, 5) is 22.1. The summed E-state index contributed by atoms with van der Waals surface area (Å²) in [5.74, 6) is -0.551. The van der Waals surface area contributed by atoms with E-state index in [-0.39, 0.29) is 6.61 Å². The van der Waals surface area contributed by atoms with Crippen molar-refractivity contribution in [3.05, 3.63) is 94.2 Å². The minimum Gasteiger partial charge on any atom is -0.478 e. The summed E-state index contributed by atoms with van der Waals surface area (Å²) in [7, 11) is 0. The standard InChI is InChI=1S/C26H25ClFN3O3/c27-21-7-6-20(23(28)14-21)17-34-25-3-1-2-24(30-25)19-10-12-31(13-11-19)16-22-8-4-18(15-29-22)5-9-26(32)33/h1-9,14-15,19H,10-13,16-17H2,(H,32,33)/b9-5+. The van der Waals surface area contributed by atoms with Gasteiger partial charge < -0.3 is 9.84 Å². The normalized spacial score (nSPS) is 15.0. The van der Waals surface area contributed by atoms with Crippen molar-refractivity contribution in [2.75, 3.05) is 13.1 Å². The molecule has 0 spiro atoms. The number of nitrogens with zero attached hydrogens (tertiary/aromatic N) is 3. The van der Waals surface area contributed by atoms with Crippen LogP contribution in [-0.4, -0.2) is 39.0 Å². The van der Waals surface area contributed by atoms with E-state index in [0.29, 0.717) is 22.4 Å². The Balaban J connectivity index is 1.29. The summed E-state index contributed by atoms with van der Waals surface area (Å²) in [5.41, 5.74) is 3.14. The van der Waals surface area contributed by atoms with Crippen LogP contribution in [0.25, 0.3) is 6.08 Å². The molecule has 4 rings (SSSR count). The number of hydrogen-bond donors (Lipinski definition) is 1. The summed E-state index contributed by atoms with van der Waals surface area (Å²) in [6.07, 6.45) is 6.27. The van der Waals surface area contributed by atoms with Crippen LogP contribution >= 0.6 is 11.6 Å². The third kappa shape index (κ3) is 6.62. The first kappa shape index (κ1) is 23.9. The summed E-state index contributed by atoms with van der Waals surface area (Å²) in [6, 6.07) is 14.1. The topological polar surface area (TPSA) is 75.5 Å². The molecule has 0 unspecified atom stereocenters. The average molecular weight is 482 g/mol. The fourth-order valence-electron chi connectivity index (χ4n) is 3.94. The van der Waals surface area contributed by atoms with E-state index in [2.05, 4.69) is 14.9 Å². The van der Waals surface area contributed by atoms with E-state index in [1.165, 1.54) is 12.1 Å². The SMILES string of the molecule is O=C(O)/C=C/c1ccc(CN2CCC(c3cccc(OCc4ccc(Cl)cc4F)n3)CC2)nc1. The van der Waals surface area contributed by atoms with Gasteiger partial charge >= 0.3 is 5.97 Å². The molecular weight excluding hydrogens is 457 g/mol. The maximum atomic E-state index is 14.0. The second-order valence-corrected chi connectivity index (χ2v) is 8.67. The number of aliphatic carboxylic acids is 1. The monoisotopic (exact) mass is 481 g/mol. The number of piperidine rings is 1. The smallest absolute Gasteiger partial charge is 0.328 e. The largest absolute Gasteiger partial charge is 0.478 e. The lowest BCUT2D eigenvalue weighted by Gasteiger charge is -2.31. The Morgan fingerprint density at radius 1 is 1.21 bits per heavy atom. The van der Waals surface area contributed by atoms with Crippen LogP contribution in [-0.2, 0) is 17.9 Å². The summed E-state index contributed by atoms with van der Waals surface area (Å²) < 4.78 is 19.7. The van der Waals surface area contributed by atoms with Crippen molar-refractivity contribution in [2.24, 2.45) is 0 Å². The van der Waals surface area contributed by atoms with Crippen LogP contribution in [0.1, 0.15) is 41.3 Å². The highest BCUT2D eigenvalue weighted by atomic mass is 35.5. The summed E-state index contributed by atoms with van der Waals surface area (Å²) >= 11 is 5.80. The Kier molecular flexibility index (Phi) is 7.87. The van der Waals surface area contributed by atoms with E-state index in [4.69, 9.17) is 21.4 Å². The lowest BCUT2D eigenvalue weighted by atomic mass is 9.93. The summed E-state index contributed by atoms with van der Waals surface area (Å²) in [5, 5.41) is 9.07. The number of rotatable bonds is 8. The van der Waals surface area contributed by atoms with Gasteiger partial charge in [0.25, 0.3) is 0 Å². The fourth-order valence-corrected chi connectivity index (χ4v) is 4.10. The molecule has 6 nitrogen and oxygen atoms in total. The van der Waals surface area contributed by atoms with Gasteiger partial charge in [0, 0.05) is 47.1 Å². The molecule has 0 saturated carbocycles. The Hall–Kier alpha value is -3.29. The second kappa shape index (κ2) is 11.2. The highest BCUT2D eigenvalue weighted by Crippen LogP contribution is 2.28. The first-order chi connectivity index (χ1) is 16.5. The van der Waals surface area contributed by atoms with Crippen molar-refractivity contribution in [3.63, 3.8) is 0 Å². The second-order valence-electron chi connectivity index (χ2n) is 8.23. The van der Waals surface area contributed by atoms with E-state index in [9.17, 15) is 9.18 Å². The summed E-state index contributed by atoms with van der Waals surface area (Å²) in [6.45, 7) is 2.69. The Bertz CT molecular complexity index is 1160. The molecule has 0 bridgehead atoms. The quantitative estimate of drug-likeness (QED) is 0.438. The molecule has 0 radical (unpaired) electrons. The van der Waals surface area contributed by atoms with E-state index in [0.717, 1.165) is 55.5 Å². The van der Waals surface area contributed by atoms with Crippen molar-refractivity contribution in [1.82, 2.24) is 14.9 Å². The lowest BCUT2D eigenvalue weighted by Crippen LogP contribution is -2.33. The van der Waals surface area contributed by atoms with Crippen molar-refractivity contribution in [2.45, 2.75) is 31.9 Å². The van der Waals surface area contributed by atoms with Crippen LogP contribution < -0.4 is 4.74 Å². The molecule has 2 aromatic heterocycles. The molecule has 34 heavy (non-hydrogen) atoms. The number of carboxylic acid groups (broad SMARTS) is 1. The third-order valence-corrected chi connectivity index (χ3v) is 6.03.